The standard InChI is InChI=1S/C25H30ClN5O3/c1-14-12-16(15(2)27-18-6-7-19(26)28-21(18)23(33)34)20-17(13-14)22(32)30(5)24(29-20)31-10-8-25(3,4)9-11-31/h6-7,12-13,15,27H,8-11H2,1-5H3,(H,33,34). The van der Waals surface area contributed by atoms with Crippen molar-refractivity contribution in [2.24, 2.45) is 12.5 Å². The normalized spacial score (nSPS) is 16.5. The maximum atomic E-state index is 13.4. The van der Waals surface area contributed by atoms with E-state index in [4.69, 9.17) is 16.6 Å². The summed E-state index contributed by atoms with van der Waals surface area (Å²) in [5.41, 5.74) is 2.74. The van der Waals surface area contributed by atoms with Crippen LogP contribution in [-0.2, 0) is 7.05 Å². The fraction of sp³-hybridized carbons (Fsp3) is 0.440. The van der Waals surface area contributed by atoms with Crippen LogP contribution in [0, 0.1) is 12.3 Å². The van der Waals surface area contributed by atoms with Gasteiger partial charge < -0.3 is 15.3 Å². The Morgan fingerprint density at radius 1 is 1.21 bits per heavy atom. The number of carboxylic acids is 1. The molecular formula is C25H30ClN5O3. The number of aryl methyl sites for hydroxylation is 1. The number of aromatic carboxylic acids is 1. The predicted octanol–water partition coefficient (Wildman–Crippen LogP) is 4.79. The highest BCUT2D eigenvalue weighted by Gasteiger charge is 2.28. The van der Waals surface area contributed by atoms with E-state index in [1.54, 1.807) is 23.7 Å². The summed E-state index contributed by atoms with van der Waals surface area (Å²) in [6, 6.07) is 6.65. The minimum atomic E-state index is -1.17. The van der Waals surface area contributed by atoms with Crippen LogP contribution >= 0.6 is 11.6 Å². The molecule has 2 N–H and O–H groups in total. The summed E-state index contributed by atoms with van der Waals surface area (Å²) in [6.07, 6.45) is 2.06. The van der Waals surface area contributed by atoms with Crippen LogP contribution in [-0.4, -0.2) is 38.7 Å². The molecule has 1 aliphatic heterocycles. The minimum Gasteiger partial charge on any atom is -0.476 e. The molecule has 0 saturated carbocycles. The molecule has 180 valence electrons. The Hall–Kier alpha value is -3.13. The summed E-state index contributed by atoms with van der Waals surface area (Å²) >= 11 is 5.90. The lowest BCUT2D eigenvalue weighted by atomic mass is 9.83. The van der Waals surface area contributed by atoms with Crippen LogP contribution < -0.4 is 15.8 Å². The summed E-state index contributed by atoms with van der Waals surface area (Å²) < 4.78 is 1.63. The van der Waals surface area contributed by atoms with Crippen molar-refractivity contribution < 1.29 is 9.90 Å². The molecular weight excluding hydrogens is 454 g/mol. The van der Waals surface area contributed by atoms with E-state index in [1.807, 2.05) is 26.0 Å². The molecule has 1 unspecified atom stereocenters. The van der Waals surface area contributed by atoms with E-state index in [0.29, 0.717) is 22.5 Å². The zero-order valence-electron chi connectivity index (χ0n) is 20.1. The van der Waals surface area contributed by atoms with Crippen molar-refractivity contribution >= 4 is 40.1 Å². The average molecular weight is 484 g/mol. The van der Waals surface area contributed by atoms with Crippen molar-refractivity contribution in [2.45, 2.75) is 46.6 Å². The molecule has 34 heavy (non-hydrogen) atoms. The van der Waals surface area contributed by atoms with Crippen LogP contribution in [0.2, 0.25) is 5.15 Å². The van der Waals surface area contributed by atoms with Crippen molar-refractivity contribution in [3.05, 3.63) is 56.6 Å². The molecule has 2 aromatic heterocycles. The van der Waals surface area contributed by atoms with E-state index in [1.165, 1.54) is 0 Å². The van der Waals surface area contributed by atoms with Gasteiger partial charge in [-0.15, -0.1) is 0 Å². The molecule has 0 spiro atoms. The topological polar surface area (TPSA) is 100 Å². The molecule has 1 aromatic carbocycles. The molecule has 9 heteroatoms. The third-order valence-electron chi connectivity index (χ3n) is 6.63. The highest BCUT2D eigenvalue weighted by molar-refractivity contribution is 6.29. The van der Waals surface area contributed by atoms with Gasteiger partial charge >= 0.3 is 5.97 Å². The van der Waals surface area contributed by atoms with Crippen molar-refractivity contribution in [3.63, 3.8) is 0 Å². The number of benzene rings is 1. The summed E-state index contributed by atoms with van der Waals surface area (Å²) in [4.78, 5) is 36.1. The lowest BCUT2D eigenvalue weighted by Gasteiger charge is -2.38. The van der Waals surface area contributed by atoms with Crippen molar-refractivity contribution in [2.75, 3.05) is 23.3 Å². The Balaban J connectivity index is 1.79. The van der Waals surface area contributed by atoms with Crippen LogP contribution in [0.4, 0.5) is 11.6 Å². The van der Waals surface area contributed by atoms with E-state index in [9.17, 15) is 14.7 Å². The summed E-state index contributed by atoms with van der Waals surface area (Å²) in [5, 5.41) is 13.4. The first-order valence-electron chi connectivity index (χ1n) is 11.4. The Morgan fingerprint density at radius 3 is 2.53 bits per heavy atom. The quantitative estimate of drug-likeness (QED) is 0.503. The van der Waals surface area contributed by atoms with Crippen LogP contribution in [0.15, 0.2) is 29.1 Å². The number of fused-ring (bicyclic) bond motifs is 1. The van der Waals surface area contributed by atoms with Gasteiger partial charge in [0.25, 0.3) is 5.56 Å². The third kappa shape index (κ3) is 4.59. The Morgan fingerprint density at radius 2 is 1.88 bits per heavy atom. The van der Waals surface area contributed by atoms with Crippen molar-refractivity contribution in [1.82, 2.24) is 14.5 Å². The SMILES string of the molecule is Cc1cc(C(C)Nc2ccc(Cl)nc2C(=O)O)c2nc(N3CCC(C)(C)CC3)n(C)c(=O)c2c1. The third-order valence-corrected chi connectivity index (χ3v) is 6.84. The molecule has 0 aliphatic carbocycles. The molecule has 1 saturated heterocycles. The number of pyridine rings is 1. The highest BCUT2D eigenvalue weighted by Crippen LogP contribution is 2.33. The van der Waals surface area contributed by atoms with Gasteiger partial charge in [0.05, 0.1) is 22.6 Å². The second kappa shape index (κ2) is 8.91. The van der Waals surface area contributed by atoms with E-state index in [0.717, 1.165) is 37.1 Å². The number of halogens is 1. The second-order valence-corrected chi connectivity index (χ2v) is 10.3. The van der Waals surface area contributed by atoms with Crippen LogP contribution in [0.3, 0.4) is 0 Å². The summed E-state index contributed by atoms with van der Waals surface area (Å²) in [6.45, 7) is 10.1. The van der Waals surface area contributed by atoms with Gasteiger partial charge in [0.2, 0.25) is 5.95 Å². The number of anilines is 2. The Kier molecular flexibility index (Phi) is 6.29. The number of carboxylic acid groups (broad SMARTS) is 1. The molecule has 3 aromatic rings. The number of hydrogen-bond donors (Lipinski definition) is 2. The fourth-order valence-corrected chi connectivity index (χ4v) is 4.64. The van der Waals surface area contributed by atoms with E-state index >= 15 is 0 Å². The zero-order valence-corrected chi connectivity index (χ0v) is 20.9. The number of carbonyl (C=O) groups is 1. The monoisotopic (exact) mass is 483 g/mol. The van der Waals surface area contributed by atoms with Crippen molar-refractivity contribution in [1.29, 1.82) is 0 Å². The molecule has 0 bridgehead atoms. The lowest BCUT2D eigenvalue weighted by molar-refractivity contribution is 0.0691. The smallest absolute Gasteiger partial charge is 0.356 e. The minimum absolute atomic E-state index is 0.0960. The maximum Gasteiger partial charge on any atom is 0.356 e. The molecule has 1 fully saturated rings. The van der Waals surface area contributed by atoms with Crippen LogP contribution in [0.25, 0.3) is 10.9 Å². The number of rotatable bonds is 5. The second-order valence-electron chi connectivity index (χ2n) is 9.88. The van der Waals surface area contributed by atoms with Gasteiger partial charge in [-0.25, -0.2) is 14.8 Å². The molecule has 4 rings (SSSR count). The largest absolute Gasteiger partial charge is 0.476 e. The number of nitrogens with one attached hydrogen (secondary N) is 1. The molecule has 8 nitrogen and oxygen atoms in total. The molecule has 0 radical (unpaired) electrons. The average Bonchev–Trinajstić information content (AvgIpc) is 2.77. The Bertz CT molecular complexity index is 1320. The highest BCUT2D eigenvalue weighted by atomic mass is 35.5. The van der Waals surface area contributed by atoms with Gasteiger partial charge in [0.15, 0.2) is 5.69 Å². The number of nitrogens with zero attached hydrogens (tertiary/aromatic N) is 4. The van der Waals surface area contributed by atoms with E-state index < -0.39 is 5.97 Å². The summed E-state index contributed by atoms with van der Waals surface area (Å²) in [7, 11) is 1.77. The molecule has 0 amide bonds. The van der Waals surface area contributed by atoms with Gasteiger partial charge in [-0.05, 0) is 55.9 Å². The van der Waals surface area contributed by atoms with Crippen molar-refractivity contribution in [3.8, 4) is 0 Å². The number of piperidine rings is 1. The maximum absolute atomic E-state index is 13.4. The number of aromatic nitrogens is 3. The van der Waals surface area contributed by atoms with Gasteiger partial charge in [-0.2, -0.15) is 0 Å². The fourth-order valence-electron chi connectivity index (χ4n) is 4.49. The summed E-state index contributed by atoms with van der Waals surface area (Å²) in [5.74, 6) is -0.515. The van der Waals surface area contributed by atoms with Gasteiger partial charge in [-0.3, -0.25) is 9.36 Å². The van der Waals surface area contributed by atoms with Crippen LogP contribution in [0.1, 0.15) is 61.3 Å². The van der Waals surface area contributed by atoms with Gasteiger partial charge in [0, 0.05) is 25.7 Å². The lowest BCUT2D eigenvalue weighted by Crippen LogP contribution is -2.40. The zero-order chi connectivity index (χ0) is 24.8. The first-order valence-corrected chi connectivity index (χ1v) is 11.8. The van der Waals surface area contributed by atoms with Gasteiger partial charge in [0.1, 0.15) is 5.15 Å². The van der Waals surface area contributed by atoms with E-state index in [2.05, 4.69) is 29.0 Å². The molecule has 1 atom stereocenters. The first kappa shape index (κ1) is 24.0. The first-order chi connectivity index (χ1) is 16.0. The predicted molar refractivity (Wildman–Crippen MR) is 135 cm³/mol. The molecule has 1 aliphatic rings. The van der Waals surface area contributed by atoms with Gasteiger partial charge in [-0.1, -0.05) is 31.5 Å². The number of hydrogen-bond acceptors (Lipinski definition) is 6. The van der Waals surface area contributed by atoms with Crippen LogP contribution in [0.5, 0.6) is 0 Å². The Labute approximate surface area is 203 Å². The molecule has 3 heterocycles. The van der Waals surface area contributed by atoms with E-state index in [-0.39, 0.29) is 27.9 Å².